The maximum atomic E-state index is 5.25. The fourth-order valence-electron chi connectivity index (χ4n) is 2.49. The molecule has 0 spiro atoms. The van der Waals surface area contributed by atoms with E-state index in [0.717, 1.165) is 27.9 Å². The summed E-state index contributed by atoms with van der Waals surface area (Å²) in [6, 6.07) is 2.27. The average Bonchev–Trinajstić information content (AvgIpc) is 2.90. The lowest BCUT2D eigenvalue weighted by Crippen LogP contribution is -1.87. The van der Waals surface area contributed by atoms with Crippen LogP contribution < -0.4 is 0 Å². The molecule has 1 aliphatic carbocycles. The SMILES string of the molecule is S=c1nc[nH]c2c1sc1nc3c(cc12)CCC3. The zero-order chi connectivity index (χ0) is 11.4. The molecule has 1 N–H and O–H groups in total. The van der Waals surface area contributed by atoms with E-state index in [2.05, 4.69) is 16.0 Å². The van der Waals surface area contributed by atoms with Gasteiger partial charge in [0, 0.05) is 11.1 Å². The molecule has 0 saturated carbocycles. The highest BCUT2D eigenvalue weighted by molar-refractivity contribution is 7.71. The number of nitrogens with one attached hydrogen (secondary N) is 1. The van der Waals surface area contributed by atoms with Crippen molar-refractivity contribution >= 4 is 44.0 Å². The van der Waals surface area contributed by atoms with Crippen molar-refractivity contribution < 1.29 is 0 Å². The number of pyridine rings is 1. The lowest BCUT2D eigenvalue weighted by molar-refractivity contribution is 0.901. The third kappa shape index (κ3) is 1.29. The van der Waals surface area contributed by atoms with E-state index in [1.807, 2.05) is 0 Å². The van der Waals surface area contributed by atoms with Crippen LogP contribution in [0.3, 0.4) is 0 Å². The molecule has 3 aromatic rings. The van der Waals surface area contributed by atoms with Gasteiger partial charge in [-0.05, 0) is 30.9 Å². The second kappa shape index (κ2) is 3.34. The van der Waals surface area contributed by atoms with Crippen molar-refractivity contribution in [2.45, 2.75) is 19.3 Å². The Hall–Kier alpha value is -1.33. The minimum atomic E-state index is 0.668. The van der Waals surface area contributed by atoms with Gasteiger partial charge in [0.1, 0.15) is 9.47 Å². The first kappa shape index (κ1) is 9.67. The smallest absolute Gasteiger partial charge is 0.147 e. The van der Waals surface area contributed by atoms with Crippen molar-refractivity contribution in [1.29, 1.82) is 0 Å². The molecule has 84 valence electrons. The molecule has 0 unspecified atom stereocenters. The largest absolute Gasteiger partial charge is 0.345 e. The second-order valence-corrected chi connectivity index (χ2v) is 5.70. The Morgan fingerprint density at radius 3 is 3.24 bits per heavy atom. The Morgan fingerprint density at radius 1 is 1.35 bits per heavy atom. The maximum Gasteiger partial charge on any atom is 0.147 e. The fourth-order valence-corrected chi connectivity index (χ4v) is 3.80. The third-order valence-corrected chi connectivity index (χ3v) is 4.84. The highest BCUT2D eigenvalue weighted by Gasteiger charge is 2.16. The molecule has 0 saturated heterocycles. The van der Waals surface area contributed by atoms with Crippen molar-refractivity contribution in [2.75, 3.05) is 0 Å². The summed E-state index contributed by atoms with van der Waals surface area (Å²) >= 11 is 6.90. The minimum absolute atomic E-state index is 0.668. The Labute approximate surface area is 107 Å². The first-order chi connectivity index (χ1) is 8.33. The molecule has 0 atom stereocenters. The predicted octanol–water partition coefficient (Wildman–Crippen LogP) is 3.39. The second-order valence-electron chi connectivity index (χ2n) is 4.31. The van der Waals surface area contributed by atoms with E-state index in [1.165, 1.54) is 23.1 Å². The van der Waals surface area contributed by atoms with E-state index < -0.39 is 0 Å². The summed E-state index contributed by atoms with van der Waals surface area (Å²) in [5.74, 6) is 0. The van der Waals surface area contributed by atoms with Gasteiger partial charge in [-0.2, -0.15) is 0 Å². The van der Waals surface area contributed by atoms with Crippen LogP contribution in [0.5, 0.6) is 0 Å². The van der Waals surface area contributed by atoms with E-state index in [4.69, 9.17) is 17.2 Å². The lowest BCUT2D eigenvalue weighted by atomic mass is 10.2. The van der Waals surface area contributed by atoms with Crippen LogP contribution in [0.25, 0.3) is 20.4 Å². The van der Waals surface area contributed by atoms with Crippen LogP contribution in [0.4, 0.5) is 0 Å². The molecule has 0 amide bonds. The van der Waals surface area contributed by atoms with Gasteiger partial charge in [-0.15, -0.1) is 11.3 Å². The summed E-state index contributed by atoms with van der Waals surface area (Å²) in [5.41, 5.74) is 3.75. The Bertz CT molecular complexity index is 800. The van der Waals surface area contributed by atoms with Crippen LogP contribution in [0, 0.1) is 4.64 Å². The van der Waals surface area contributed by atoms with Crippen molar-refractivity contribution in [3.05, 3.63) is 28.3 Å². The third-order valence-electron chi connectivity index (χ3n) is 3.30. The first-order valence-electron chi connectivity index (χ1n) is 5.61. The number of aromatic nitrogens is 3. The topological polar surface area (TPSA) is 41.6 Å². The van der Waals surface area contributed by atoms with Gasteiger partial charge < -0.3 is 4.98 Å². The molecule has 0 aliphatic heterocycles. The number of aryl methyl sites for hydroxylation is 2. The summed E-state index contributed by atoms with van der Waals surface area (Å²) in [4.78, 5) is 13.2. The van der Waals surface area contributed by atoms with Gasteiger partial charge in [0.25, 0.3) is 0 Å². The zero-order valence-corrected chi connectivity index (χ0v) is 10.6. The number of H-pyrrole nitrogens is 1. The first-order valence-corrected chi connectivity index (χ1v) is 6.84. The quantitative estimate of drug-likeness (QED) is 0.629. The number of aromatic amines is 1. The Morgan fingerprint density at radius 2 is 2.29 bits per heavy atom. The van der Waals surface area contributed by atoms with Gasteiger partial charge >= 0.3 is 0 Å². The highest BCUT2D eigenvalue weighted by Crippen LogP contribution is 2.34. The van der Waals surface area contributed by atoms with Gasteiger partial charge in [0.2, 0.25) is 0 Å². The molecule has 1 aliphatic rings. The van der Waals surface area contributed by atoms with Crippen LogP contribution in [-0.2, 0) is 12.8 Å². The fraction of sp³-hybridized carbons (Fsp3) is 0.250. The van der Waals surface area contributed by atoms with Crippen LogP contribution >= 0.6 is 23.6 Å². The molecule has 3 nitrogen and oxygen atoms in total. The van der Waals surface area contributed by atoms with Crippen LogP contribution in [0.1, 0.15) is 17.7 Å². The summed E-state index contributed by atoms with van der Waals surface area (Å²) in [6.07, 6.45) is 5.17. The molecule has 0 radical (unpaired) electrons. The molecule has 0 aromatic carbocycles. The van der Waals surface area contributed by atoms with Gasteiger partial charge in [0.15, 0.2) is 0 Å². The van der Waals surface area contributed by atoms with E-state index in [1.54, 1.807) is 17.7 Å². The van der Waals surface area contributed by atoms with Crippen LogP contribution in [0.15, 0.2) is 12.4 Å². The van der Waals surface area contributed by atoms with Crippen LogP contribution in [0.2, 0.25) is 0 Å². The zero-order valence-electron chi connectivity index (χ0n) is 8.99. The Balaban J connectivity index is 2.23. The summed E-state index contributed by atoms with van der Waals surface area (Å²) < 4.78 is 1.72. The number of nitrogens with zero attached hydrogens (tertiary/aromatic N) is 2. The minimum Gasteiger partial charge on any atom is -0.345 e. The number of hydrogen-bond acceptors (Lipinski definition) is 4. The van der Waals surface area contributed by atoms with E-state index >= 15 is 0 Å². The number of hydrogen-bond donors (Lipinski definition) is 1. The van der Waals surface area contributed by atoms with E-state index in [0.29, 0.717) is 4.64 Å². The monoisotopic (exact) mass is 259 g/mol. The number of fused-ring (bicyclic) bond motifs is 4. The van der Waals surface area contributed by atoms with Gasteiger partial charge in [-0.1, -0.05) is 12.2 Å². The van der Waals surface area contributed by atoms with Gasteiger partial charge in [0.05, 0.1) is 16.5 Å². The standard InChI is InChI=1S/C12H9N3S2/c16-11-10-9(13-5-14-11)7-4-6-2-1-3-8(6)15-12(7)17-10/h4-5H,1-3H2,(H,13,14,16). The summed E-state index contributed by atoms with van der Waals surface area (Å²) in [7, 11) is 0. The van der Waals surface area contributed by atoms with Gasteiger partial charge in [-0.25, -0.2) is 9.97 Å². The lowest BCUT2D eigenvalue weighted by Gasteiger charge is -1.97. The number of thiophene rings is 1. The van der Waals surface area contributed by atoms with E-state index in [9.17, 15) is 0 Å². The normalized spacial score (nSPS) is 14.6. The van der Waals surface area contributed by atoms with Crippen LogP contribution in [-0.4, -0.2) is 15.0 Å². The number of rotatable bonds is 0. The van der Waals surface area contributed by atoms with Crippen molar-refractivity contribution in [1.82, 2.24) is 15.0 Å². The molecule has 4 rings (SSSR count). The maximum absolute atomic E-state index is 5.25. The molecular weight excluding hydrogens is 250 g/mol. The summed E-state index contributed by atoms with van der Waals surface area (Å²) in [5, 5.41) is 1.19. The highest BCUT2D eigenvalue weighted by atomic mass is 32.1. The molecule has 3 aromatic heterocycles. The molecule has 0 bridgehead atoms. The molecule has 0 fully saturated rings. The molecule has 3 heterocycles. The predicted molar refractivity (Wildman–Crippen MR) is 72.1 cm³/mol. The van der Waals surface area contributed by atoms with Crippen molar-refractivity contribution in [3.8, 4) is 0 Å². The van der Waals surface area contributed by atoms with Crippen molar-refractivity contribution in [3.63, 3.8) is 0 Å². The van der Waals surface area contributed by atoms with Crippen molar-refractivity contribution in [2.24, 2.45) is 0 Å². The molecule has 17 heavy (non-hydrogen) atoms. The Kier molecular flexibility index (Phi) is 1.90. The molecule has 5 heteroatoms. The van der Waals surface area contributed by atoms with Gasteiger partial charge in [-0.3, -0.25) is 0 Å². The average molecular weight is 259 g/mol. The summed E-state index contributed by atoms with van der Waals surface area (Å²) in [6.45, 7) is 0. The van der Waals surface area contributed by atoms with E-state index in [-0.39, 0.29) is 0 Å². The molecular formula is C12H9N3S2.